The van der Waals surface area contributed by atoms with Crippen LogP contribution in [-0.4, -0.2) is 37.3 Å². The van der Waals surface area contributed by atoms with E-state index in [2.05, 4.69) is 10.1 Å². The predicted octanol–water partition coefficient (Wildman–Crippen LogP) is 3.13. The fourth-order valence-electron chi connectivity index (χ4n) is 2.15. The summed E-state index contributed by atoms with van der Waals surface area (Å²) in [6, 6.07) is 8.02. The molecule has 150 valence electrons. The largest absolute Gasteiger partial charge is 0.507 e. The molecule has 7 nitrogen and oxygen atoms in total. The first-order valence-corrected chi connectivity index (χ1v) is 8.22. The van der Waals surface area contributed by atoms with Gasteiger partial charge in [0.1, 0.15) is 11.3 Å². The maximum Gasteiger partial charge on any atom is 0.387 e. The third-order valence-corrected chi connectivity index (χ3v) is 3.68. The van der Waals surface area contributed by atoms with Gasteiger partial charge in [0.15, 0.2) is 18.1 Å². The zero-order valence-electron chi connectivity index (χ0n) is 14.6. The summed E-state index contributed by atoms with van der Waals surface area (Å²) in [6.07, 6.45) is 0. The van der Waals surface area contributed by atoms with Crippen LogP contribution in [0.3, 0.4) is 0 Å². The summed E-state index contributed by atoms with van der Waals surface area (Å²) in [5.74, 6) is -1.90. The lowest BCUT2D eigenvalue weighted by atomic mass is 10.2. The summed E-state index contributed by atoms with van der Waals surface area (Å²) in [5, 5.41) is 12.3. The standard InChI is InChI=1S/C18H16ClF2NO6/c1-26-15-6-10(2-5-14(15)28-18(20)21)8-22-16(24)9-27-17(25)12-7-11(19)3-4-13(12)23/h2-7,18,23H,8-9H2,1H3,(H,22,24). The van der Waals surface area contributed by atoms with Crippen molar-refractivity contribution in [3.05, 3.63) is 52.5 Å². The Morgan fingerprint density at radius 1 is 1.18 bits per heavy atom. The van der Waals surface area contributed by atoms with Crippen molar-refractivity contribution in [2.45, 2.75) is 13.2 Å². The Bertz CT molecular complexity index is 862. The molecule has 0 aliphatic rings. The van der Waals surface area contributed by atoms with Crippen molar-refractivity contribution in [3.8, 4) is 17.2 Å². The molecule has 0 fully saturated rings. The van der Waals surface area contributed by atoms with Crippen LogP contribution in [-0.2, 0) is 16.1 Å². The first-order chi connectivity index (χ1) is 13.3. The molecule has 0 aliphatic carbocycles. The molecule has 0 atom stereocenters. The minimum absolute atomic E-state index is 0.0319. The second-order valence-corrected chi connectivity index (χ2v) is 5.81. The number of phenols is 1. The van der Waals surface area contributed by atoms with Crippen LogP contribution >= 0.6 is 11.6 Å². The number of amides is 1. The Hall–Kier alpha value is -3.07. The van der Waals surface area contributed by atoms with Crippen molar-refractivity contribution in [1.29, 1.82) is 0 Å². The van der Waals surface area contributed by atoms with Crippen molar-refractivity contribution in [2.75, 3.05) is 13.7 Å². The molecule has 0 heterocycles. The van der Waals surface area contributed by atoms with E-state index in [-0.39, 0.29) is 34.4 Å². The van der Waals surface area contributed by atoms with Gasteiger partial charge in [-0.25, -0.2) is 4.79 Å². The smallest absolute Gasteiger partial charge is 0.387 e. The summed E-state index contributed by atoms with van der Waals surface area (Å²) in [5.41, 5.74) is 0.380. The minimum Gasteiger partial charge on any atom is -0.507 e. The molecule has 28 heavy (non-hydrogen) atoms. The highest BCUT2D eigenvalue weighted by Crippen LogP contribution is 2.29. The van der Waals surface area contributed by atoms with Crippen LogP contribution in [0.5, 0.6) is 17.2 Å². The van der Waals surface area contributed by atoms with Gasteiger partial charge in [0, 0.05) is 11.6 Å². The molecule has 10 heteroatoms. The maximum atomic E-state index is 12.3. The maximum absolute atomic E-state index is 12.3. The van der Waals surface area contributed by atoms with Crippen LogP contribution in [0.1, 0.15) is 15.9 Å². The Labute approximate surface area is 163 Å². The van der Waals surface area contributed by atoms with E-state index in [4.69, 9.17) is 21.1 Å². The van der Waals surface area contributed by atoms with E-state index in [0.717, 1.165) is 0 Å². The third-order valence-electron chi connectivity index (χ3n) is 3.45. The van der Waals surface area contributed by atoms with E-state index in [1.54, 1.807) is 0 Å². The number of carbonyl (C=O) groups is 2. The minimum atomic E-state index is -2.99. The van der Waals surface area contributed by atoms with Crippen LogP contribution in [0.15, 0.2) is 36.4 Å². The lowest BCUT2D eigenvalue weighted by molar-refractivity contribution is -0.124. The number of rotatable bonds is 8. The van der Waals surface area contributed by atoms with Crippen LogP contribution < -0.4 is 14.8 Å². The van der Waals surface area contributed by atoms with Crippen molar-refractivity contribution >= 4 is 23.5 Å². The average molecular weight is 416 g/mol. The topological polar surface area (TPSA) is 94.1 Å². The van der Waals surface area contributed by atoms with Gasteiger partial charge >= 0.3 is 12.6 Å². The zero-order chi connectivity index (χ0) is 20.7. The highest BCUT2D eigenvalue weighted by molar-refractivity contribution is 6.31. The van der Waals surface area contributed by atoms with Gasteiger partial charge in [-0.1, -0.05) is 17.7 Å². The number of benzene rings is 2. The fourth-order valence-corrected chi connectivity index (χ4v) is 2.32. The van der Waals surface area contributed by atoms with E-state index in [0.29, 0.717) is 5.56 Å². The molecule has 2 N–H and O–H groups in total. The molecular formula is C18H16ClF2NO6. The molecule has 0 saturated carbocycles. The molecule has 0 radical (unpaired) electrons. The Balaban J connectivity index is 1.88. The molecular weight excluding hydrogens is 400 g/mol. The normalized spacial score (nSPS) is 10.5. The quantitative estimate of drug-likeness (QED) is 0.643. The van der Waals surface area contributed by atoms with E-state index >= 15 is 0 Å². The Morgan fingerprint density at radius 3 is 2.61 bits per heavy atom. The van der Waals surface area contributed by atoms with E-state index in [1.807, 2.05) is 0 Å². The average Bonchev–Trinajstić information content (AvgIpc) is 2.66. The van der Waals surface area contributed by atoms with Crippen LogP contribution in [0, 0.1) is 0 Å². The molecule has 2 aromatic carbocycles. The number of nitrogens with one attached hydrogen (secondary N) is 1. The summed E-state index contributed by atoms with van der Waals surface area (Å²) < 4.78 is 38.7. The van der Waals surface area contributed by atoms with Gasteiger partial charge in [-0.2, -0.15) is 8.78 Å². The molecule has 1 amide bonds. The second kappa shape index (κ2) is 9.75. The summed E-state index contributed by atoms with van der Waals surface area (Å²) in [7, 11) is 1.29. The number of aromatic hydroxyl groups is 1. The first kappa shape index (κ1) is 21.2. The number of hydrogen-bond acceptors (Lipinski definition) is 6. The molecule has 0 spiro atoms. The third kappa shape index (κ3) is 5.98. The number of phenolic OH excluding ortho intramolecular Hbond substituents is 1. The van der Waals surface area contributed by atoms with Gasteiger partial charge in [-0.15, -0.1) is 0 Å². The van der Waals surface area contributed by atoms with Gasteiger partial charge in [0.05, 0.1) is 7.11 Å². The summed E-state index contributed by atoms with van der Waals surface area (Å²) in [6.45, 7) is -3.55. The van der Waals surface area contributed by atoms with Crippen LogP contribution in [0.2, 0.25) is 5.02 Å². The summed E-state index contributed by atoms with van der Waals surface area (Å²) >= 11 is 5.75. The highest BCUT2D eigenvalue weighted by atomic mass is 35.5. The van der Waals surface area contributed by atoms with Gasteiger partial charge in [0.25, 0.3) is 5.91 Å². The van der Waals surface area contributed by atoms with Gasteiger partial charge in [-0.05, 0) is 35.9 Å². The van der Waals surface area contributed by atoms with Crippen LogP contribution in [0.25, 0.3) is 0 Å². The Kier molecular flexibility index (Phi) is 7.39. The zero-order valence-corrected chi connectivity index (χ0v) is 15.3. The van der Waals surface area contributed by atoms with Crippen molar-refractivity contribution in [1.82, 2.24) is 5.32 Å². The number of carbonyl (C=O) groups excluding carboxylic acids is 2. The van der Waals surface area contributed by atoms with Crippen molar-refractivity contribution < 1.29 is 37.7 Å². The van der Waals surface area contributed by atoms with Gasteiger partial charge < -0.3 is 24.6 Å². The van der Waals surface area contributed by atoms with E-state index in [1.165, 1.54) is 43.5 Å². The highest BCUT2D eigenvalue weighted by Gasteiger charge is 2.15. The fraction of sp³-hybridized carbons (Fsp3) is 0.222. The predicted molar refractivity (Wildman–Crippen MR) is 94.9 cm³/mol. The monoisotopic (exact) mass is 415 g/mol. The molecule has 2 aromatic rings. The number of hydrogen-bond donors (Lipinski definition) is 2. The number of methoxy groups -OCH3 is 1. The number of esters is 1. The van der Waals surface area contributed by atoms with Crippen molar-refractivity contribution in [2.24, 2.45) is 0 Å². The lowest BCUT2D eigenvalue weighted by Crippen LogP contribution is -2.28. The number of halogens is 3. The molecule has 0 unspecified atom stereocenters. The number of alkyl halides is 2. The lowest BCUT2D eigenvalue weighted by Gasteiger charge is -2.12. The SMILES string of the molecule is COc1cc(CNC(=O)COC(=O)c2cc(Cl)ccc2O)ccc1OC(F)F. The summed E-state index contributed by atoms with van der Waals surface area (Å²) in [4.78, 5) is 23.7. The molecule has 2 rings (SSSR count). The van der Waals surface area contributed by atoms with E-state index < -0.39 is 25.1 Å². The van der Waals surface area contributed by atoms with Crippen LogP contribution in [0.4, 0.5) is 8.78 Å². The Morgan fingerprint density at radius 2 is 1.93 bits per heavy atom. The second-order valence-electron chi connectivity index (χ2n) is 5.38. The van der Waals surface area contributed by atoms with E-state index in [9.17, 15) is 23.5 Å². The van der Waals surface area contributed by atoms with Gasteiger partial charge in [0.2, 0.25) is 0 Å². The molecule has 0 aromatic heterocycles. The molecule has 0 aliphatic heterocycles. The molecule has 0 bridgehead atoms. The molecule has 0 saturated heterocycles. The van der Waals surface area contributed by atoms with Gasteiger partial charge in [-0.3, -0.25) is 4.79 Å². The number of ether oxygens (including phenoxy) is 3. The first-order valence-electron chi connectivity index (χ1n) is 7.84. The van der Waals surface area contributed by atoms with Crippen molar-refractivity contribution in [3.63, 3.8) is 0 Å².